The lowest BCUT2D eigenvalue weighted by Gasteiger charge is -2.34. The van der Waals surface area contributed by atoms with Crippen LogP contribution in [0.2, 0.25) is 0 Å². The van der Waals surface area contributed by atoms with E-state index in [-0.39, 0.29) is 25.5 Å². The smallest absolute Gasteiger partial charge is 0.366 e. The molecule has 0 radical (unpaired) electrons. The predicted octanol–water partition coefficient (Wildman–Crippen LogP) is 2.60. The summed E-state index contributed by atoms with van der Waals surface area (Å²) in [5.74, 6) is -1.76. The molecule has 3 nitrogen and oxygen atoms in total. The Morgan fingerprint density at radius 3 is 2.44 bits per heavy atom. The fraction of sp³-hybridized carbons (Fsp3) is 0.917. The van der Waals surface area contributed by atoms with Crippen molar-refractivity contribution >= 4 is 5.91 Å². The molecule has 1 saturated heterocycles. The highest BCUT2D eigenvalue weighted by Gasteiger charge is 2.42. The van der Waals surface area contributed by atoms with Crippen molar-refractivity contribution in [3.05, 3.63) is 0 Å². The summed E-state index contributed by atoms with van der Waals surface area (Å²) in [4.78, 5) is 13.0. The molecule has 0 aliphatic carbocycles. The minimum atomic E-state index is -4.22. The topological polar surface area (TPSA) is 29.5 Å². The van der Waals surface area contributed by atoms with E-state index in [2.05, 4.69) is 0 Å². The number of likely N-dealkylation sites (tertiary alicyclic amines) is 1. The van der Waals surface area contributed by atoms with Crippen LogP contribution in [0.1, 0.15) is 33.6 Å². The maximum absolute atomic E-state index is 12.6. The number of hydrogen-bond acceptors (Lipinski definition) is 2. The zero-order chi connectivity index (χ0) is 14.0. The van der Waals surface area contributed by atoms with E-state index in [1.165, 1.54) is 4.90 Å². The van der Waals surface area contributed by atoms with Crippen LogP contribution >= 0.6 is 0 Å². The van der Waals surface area contributed by atoms with Gasteiger partial charge in [-0.25, -0.2) is 0 Å². The number of piperidine rings is 1. The molecule has 1 aliphatic heterocycles. The third-order valence-electron chi connectivity index (χ3n) is 2.87. The summed E-state index contributed by atoms with van der Waals surface area (Å²) in [5.41, 5.74) is -0.463. The number of nitrogens with zero attached hydrogens (tertiary/aromatic N) is 1. The average Bonchev–Trinajstić information content (AvgIpc) is 2.24. The summed E-state index contributed by atoms with van der Waals surface area (Å²) < 4.78 is 43.0. The van der Waals surface area contributed by atoms with Crippen LogP contribution in [0.5, 0.6) is 0 Å². The molecule has 1 rings (SSSR count). The number of amides is 1. The van der Waals surface area contributed by atoms with Crippen molar-refractivity contribution in [1.82, 2.24) is 4.90 Å². The second kappa shape index (κ2) is 5.47. The molecule has 0 aromatic rings. The number of alkyl halides is 3. The van der Waals surface area contributed by atoms with Gasteiger partial charge >= 0.3 is 6.18 Å². The van der Waals surface area contributed by atoms with Crippen LogP contribution in [0.4, 0.5) is 13.2 Å². The highest BCUT2D eigenvalue weighted by molar-refractivity contribution is 5.77. The third-order valence-corrected chi connectivity index (χ3v) is 2.87. The van der Waals surface area contributed by atoms with Gasteiger partial charge in [-0.05, 0) is 33.6 Å². The Balaban J connectivity index is 2.49. The lowest BCUT2D eigenvalue weighted by atomic mass is 9.97. The molecule has 0 bridgehead atoms. The van der Waals surface area contributed by atoms with Gasteiger partial charge in [-0.2, -0.15) is 13.2 Å². The summed E-state index contributed by atoms with van der Waals surface area (Å²) >= 11 is 0. The molecule has 1 atom stereocenters. The van der Waals surface area contributed by atoms with E-state index in [4.69, 9.17) is 4.74 Å². The summed E-state index contributed by atoms with van der Waals surface area (Å²) in [6, 6.07) is 0. The number of carbonyl (C=O) groups excluding carboxylic acids is 1. The van der Waals surface area contributed by atoms with Gasteiger partial charge in [0.15, 0.2) is 0 Å². The van der Waals surface area contributed by atoms with Gasteiger partial charge in [-0.1, -0.05) is 0 Å². The number of hydrogen-bond donors (Lipinski definition) is 0. The van der Waals surface area contributed by atoms with Crippen molar-refractivity contribution in [3.8, 4) is 0 Å². The van der Waals surface area contributed by atoms with Crippen molar-refractivity contribution in [2.45, 2.75) is 45.4 Å². The van der Waals surface area contributed by atoms with Gasteiger partial charge in [0.25, 0.3) is 0 Å². The Hall–Kier alpha value is -0.780. The maximum atomic E-state index is 12.6. The first-order valence-corrected chi connectivity index (χ1v) is 6.08. The van der Waals surface area contributed by atoms with Gasteiger partial charge < -0.3 is 9.64 Å². The normalized spacial score (nSPS) is 22.1. The van der Waals surface area contributed by atoms with Crippen molar-refractivity contribution in [2.75, 3.05) is 19.7 Å². The molecule has 1 amide bonds. The number of halogens is 3. The van der Waals surface area contributed by atoms with E-state index >= 15 is 0 Å². The Morgan fingerprint density at radius 1 is 1.33 bits per heavy atom. The molecule has 1 aliphatic rings. The van der Waals surface area contributed by atoms with Crippen LogP contribution in [0.15, 0.2) is 0 Å². The van der Waals surface area contributed by atoms with Gasteiger partial charge in [0, 0.05) is 13.1 Å². The Kier molecular flexibility index (Phi) is 4.64. The standard InChI is InChI=1S/C12H20F3NO2/c1-11(2,3)18-8-10(17)16-6-4-5-9(7-16)12(13,14)15/h9H,4-8H2,1-3H3. The molecule has 0 spiro atoms. The molecule has 1 fully saturated rings. The van der Waals surface area contributed by atoms with Crippen LogP contribution in [0, 0.1) is 5.92 Å². The van der Waals surface area contributed by atoms with Gasteiger partial charge in [-0.15, -0.1) is 0 Å². The zero-order valence-electron chi connectivity index (χ0n) is 11.0. The Morgan fingerprint density at radius 2 is 1.94 bits per heavy atom. The van der Waals surface area contributed by atoms with Gasteiger partial charge in [-0.3, -0.25) is 4.79 Å². The lowest BCUT2D eigenvalue weighted by molar-refractivity contribution is -0.189. The number of rotatable bonds is 2. The minimum absolute atomic E-state index is 0.105. The monoisotopic (exact) mass is 267 g/mol. The van der Waals surface area contributed by atoms with Crippen LogP contribution in [-0.4, -0.2) is 42.3 Å². The van der Waals surface area contributed by atoms with Gasteiger partial charge in [0.1, 0.15) is 6.61 Å². The molecule has 18 heavy (non-hydrogen) atoms. The predicted molar refractivity (Wildman–Crippen MR) is 61.1 cm³/mol. The summed E-state index contributed by atoms with van der Waals surface area (Å²) in [6.07, 6.45) is -3.72. The van der Waals surface area contributed by atoms with Crippen molar-refractivity contribution in [1.29, 1.82) is 0 Å². The highest BCUT2D eigenvalue weighted by Crippen LogP contribution is 2.33. The first kappa shape index (κ1) is 15.3. The third kappa shape index (κ3) is 4.84. The van der Waals surface area contributed by atoms with Gasteiger partial charge in [0.05, 0.1) is 11.5 Å². The van der Waals surface area contributed by atoms with Crippen LogP contribution in [0.25, 0.3) is 0 Å². The second-order valence-electron chi connectivity index (χ2n) is 5.62. The summed E-state index contributed by atoms with van der Waals surface area (Å²) in [6.45, 7) is 5.39. The highest BCUT2D eigenvalue weighted by atomic mass is 19.4. The Bertz CT molecular complexity index is 297. The molecular formula is C12H20F3NO2. The molecule has 0 aromatic carbocycles. The first-order valence-electron chi connectivity index (χ1n) is 6.08. The molecule has 106 valence electrons. The molecule has 0 N–H and O–H groups in total. The molecule has 1 heterocycles. The zero-order valence-corrected chi connectivity index (χ0v) is 11.0. The maximum Gasteiger partial charge on any atom is 0.393 e. The molecule has 6 heteroatoms. The van der Waals surface area contributed by atoms with Crippen LogP contribution in [-0.2, 0) is 9.53 Å². The van der Waals surface area contributed by atoms with Crippen molar-refractivity contribution in [2.24, 2.45) is 5.92 Å². The first-order chi connectivity index (χ1) is 8.09. The Labute approximate surface area is 105 Å². The fourth-order valence-corrected chi connectivity index (χ4v) is 1.84. The van der Waals surface area contributed by atoms with Crippen LogP contribution < -0.4 is 0 Å². The quantitative estimate of drug-likeness (QED) is 0.769. The van der Waals surface area contributed by atoms with Crippen molar-refractivity contribution < 1.29 is 22.7 Å². The summed E-state index contributed by atoms with van der Waals surface area (Å²) in [5, 5.41) is 0. The van der Waals surface area contributed by atoms with E-state index in [1.54, 1.807) is 20.8 Å². The largest absolute Gasteiger partial charge is 0.393 e. The average molecular weight is 267 g/mol. The number of ether oxygens (including phenoxy) is 1. The lowest BCUT2D eigenvalue weighted by Crippen LogP contribution is -2.46. The van der Waals surface area contributed by atoms with E-state index in [9.17, 15) is 18.0 Å². The van der Waals surface area contributed by atoms with E-state index in [0.717, 1.165) is 0 Å². The fourth-order valence-electron chi connectivity index (χ4n) is 1.84. The van der Waals surface area contributed by atoms with E-state index in [1.807, 2.05) is 0 Å². The molecule has 0 aromatic heterocycles. The van der Waals surface area contributed by atoms with Gasteiger partial charge in [0.2, 0.25) is 5.91 Å². The van der Waals surface area contributed by atoms with Crippen LogP contribution in [0.3, 0.4) is 0 Å². The summed E-state index contributed by atoms with van der Waals surface area (Å²) in [7, 11) is 0. The molecule has 1 unspecified atom stereocenters. The molecular weight excluding hydrogens is 247 g/mol. The molecule has 0 saturated carbocycles. The SMILES string of the molecule is CC(C)(C)OCC(=O)N1CCCC(C(F)(F)F)C1. The number of carbonyl (C=O) groups is 1. The van der Waals surface area contributed by atoms with Crippen molar-refractivity contribution in [3.63, 3.8) is 0 Å². The minimum Gasteiger partial charge on any atom is -0.366 e. The second-order valence-corrected chi connectivity index (χ2v) is 5.62. The van der Waals surface area contributed by atoms with E-state index in [0.29, 0.717) is 13.0 Å². The van der Waals surface area contributed by atoms with E-state index < -0.39 is 17.7 Å².